The van der Waals surface area contributed by atoms with Crippen molar-refractivity contribution in [2.75, 3.05) is 5.32 Å². The van der Waals surface area contributed by atoms with Gasteiger partial charge in [0.15, 0.2) is 0 Å². The predicted molar refractivity (Wildman–Crippen MR) is 120 cm³/mol. The Morgan fingerprint density at radius 3 is 2.60 bits per heavy atom. The summed E-state index contributed by atoms with van der Waals surface area (Å²) in [5, 5.41) is 13.1. The SMILES string of the molecule is CC(=O)Nc1c(-c2n[nH]c3c2CN(C(C)c2ccccc2)C3)ccc2ccccc12. The Hall–Kier alpha value is -3.44. The fourth-order valence-electron chi connectivity index (χ4n) is 4.38. The summed E-state index contributed by atoms with van der Waals surface area (Å²) >= 11 is 0. The third-order valence-corrected chi connectivity index (χ3v) is 5.99. The van der Waals surface area contributed by atoms with Gasteiger partial charge in [0.05, 0.1) is 17.1 Å². The number of hydrogen-bond donors (Lipinski definition) is 2. The van der Waals surface area contributed by atoms with Crippen LogP contribution in [0.25, 0.3) is 22.0 Å². The Morgan fingerprint density at radius 1 is 1.03 bits per heavy atom. The number of aromatic amines is 1. The molecule has 1 unspecified atom stereocenters. The lowest BCUT2D eigenvalue weighted by molar-refractivity contribution is -0.114. The molecule has 4 aromatic rings. The third-order valence-electron chi connectivity index (χ3n) is 5.99. The van der Waals surface area contributed by atoms with Gasteiger partial charge in [0.2, 0.25) is 5.91 Å². The maximum absolute atomic E-state index is 12.0. The molecule has 5 heteroatoms. The predicted octanol–water partition coefficient (Wildman–Crippen LogP) is 5.27. The van der Waals surface area contributed by atoms with Crippen LogP contribution in [0.3, 0.4) is 0 Å². The summed E-state index contributed by atoms with van der Waals surface area (Å²) in [6, 6.07) is 23.1. The molecule has 1 amide bonds. The van der Waals surface area contributed by atoms with Gasteiger partial charge in [0.1, 0.15) is 0 Å². The van der Waals surface area contributed by atoms with Crippen LogP contribution in [0, 0.1) is 0 Å². The van der Waals surface area contributed by atoms with Crippen molar-refractivity contribution in [3.05, 3.63) is 83.6 Å². The lowest BCUT2D eigenvalue weighted by Gasteiger charge is -2.24. The van der Waals surface area contributed by atoms with Crippen LogP contribution in [0.15, 0.2) is 66.7 Å². The molecule has 0 saturated carbocycles. The largest absolute Gasteiger partial charge is 0.325 e. The highest BCUT2D eigenvalue weighted by molar-refractivity contribution is 6.07. The average molecular weight is 396 g/mol. The molecule has 2 heterocycles. The van der Waals surface area contributed by atoms with E-state index in [1.165, 1.54) is 11.1 Å². The molecule has 150 valence electrons. The fourth-order valence-corrected chi connectivity index (χ4v) is 4.38. The molecule has 0 saturated heterocycles. The van der Waals surface area contributed by atoms with Gasteiger partial charge in [-0.15, -0.1) is 0 Å². The van der Waals surface area contributed by atoms with Crippen LogP contribution < -0.4 is 5.32 Å². The number of nitrogens with one attached hydrogen (secondary N) is 2. The molecule has 2 N–H and O–H groups in total. The molecule has 5 rings (SSSR count). The molecule has 0 bridgehead atoms. The van der Waals surface area contributed by atoms with Crippen molar-refractivity contribution in [1.29, 1.82) is 0 Å². The Kier molecular flexibility index (Phi) is 4.60. The van der Waals surface area contributed by atoms with Crippen LogP contribution in [-0.2, 0) is 17.9 Å². The highest BCUT2D eigenvalue weighted by Gasteiger charge is 2.30. The fraction of sp³-hybridized carbons (Fsp3) is 0.200. The Morgan fingerprint density at radius 2 is 1.80 bits per heavy atom. The minimum absolute atomic E-state index is 0.0842. The molecule has 0 radical (unpaired) electrons. The van der Waals surface area contributed by atoms with E-state index >= 15 is 0 Å². The second-order valence-corrected chi connectivity index (χ2v) is 7.91. The Labute approximate surface area is 175 Å². The molecule has 1 aliphatic rings. The van der Waals surface area contributed by atoms with Crippen LogP contribution >= 0.6 is 0 Å². The average Bonchev–Trinajstić information content (AvgIpc) is 3.35. The van der Waals surface area contributed by atoms with Gasteiger partial charge < -0.3 is 5.32 Å². The first kappa shape index (κ1) is 18.6. The number of nitrogens with zero attached hydrogens (tertiary/aromatic N) is 2. The van der Waals surface area contributed by atoms with Crippen LogP contribution in [0.4, 0.5) is 5.69 Å². The molecule has 3 aromatic carbocycles. The number of anilines is 1. The van der Waals surface area contributed by atoms with E-state index < -0.39 is 0 Å². The van der Waals surface area contributed by atoms with Crippen molar-refractivity contribution in [3.63, 3.8) is 0 Å². The van der Waals surface area contributed by atoms with E-state index in [1.807, 2.05) is 24.3 Å². The number of H-pyrrole nitrogens is 1. The van der Waals surface area contributed by atoms with E-state index in [0.29, 0.717) is 6.04 Å². The third kappa shape index (κ3) is 3.17. The van der Waals surface area contributed by atoms with Crippen LogP contribution in [0.1, 0.15) is 36.7 Å². The second kappa shape index (κ2) is 7.43. The minimum Gasteiger partial charge on any atom is -0.325 e. The van der Waals surface area contributed by atoms with Crippen LogP contribution in [0.2, 0.25) is 0 Å². The van der Waals surface area contributed by atoms with E-state index in [2.05, 4.69) is 69.8 Å². The molecule has 0 aliphatic carbocycles. The smallest absolute Gasteiger partial charge is 0.221 e. The van der Waals surface area contributed by atoms with Gasteiger partial charge in [-0.25, -0.2) is 0 Å². The Balaban J connectivity index is 1.54. The van der Waals surface area contributed by atoms with Crippen LogP contribution in [0.5, 0.6) is 0 Å². The van der Waals surface area contributed by atoms with E-state index in [0.717, 1.165) is 46.5 Å². The molecular weight excluding hydrogens is 372 g/mol. The number of hydrogen-bond acceptors (Lipinski definition) is 3. The lowest BCUT2D eigenvalue weighted by atomic mass is 9.99. The van der Waals surface area contributed by atoms with Gasteiger partial charge in [0.25, 0.3) is 0 Å². The second-order valence-electron chi connectivity index (χ2n) is 7.91. The van der Waals surface area contributed by atoms with Gasteiger partial charge in [-0.1, -0.05) is 60.7 Å². The molecule has 0 fully saturated rings. The zero-order valence-corrected chi connectivity index (χ0v) is 17.1. The first-order chi connectivity index (χ1) is 14.6. The monoisotopic (exact) mass is 396 g/mol. The van der Waals surface area contributed by atoms with Crippen molar-refractivity contribution in [2.45, 2.75) is 33.0 Å². The maximum atomic E-state index is 12.0. The number of aromatic nitrogens is 2. The molecule has 0 spiro atoms. The number of rotatable bonds is 4. The summed E-state index contributed by atoms with van der Waals surface area (Å²) in [5.41, 5.74) is 6.36. The molecule has 1 aromatic heterocycles. The normalized spacial score (nSPS) is 14.6. The first-order valence-electron chi connectivity index (χ1n) is 10.3. The van der Waals surface area contributed by atoms with Crippen molar-refractivity contribution in [1.82, 2.24) is 15.1 Å². The zero-order chi connectivity index (χ0) is 20.7. The van der Waals surface area contributed by atoms with Gasteiger partial charge >= 0.3 is 0 Å². The molecule has 5 nitrogen and oxygen atoms in total. The number of carbonyl (C=O) groups is 1. The lowest BCUT2D eigenvalue weighted by Crippen LogP contribution is -2.21. The highest BCUT2D eigenvalue weighted by atomic mass is 16.1. The summed E-state index contributed by atoms with van der Waals surface area (Å²) in [7, 11) is 0. The van der Waals surface area contributed by atoms with Crippen molar-refractivity contribution in [3.8, 4) is 11.3 Å². The molecular formula is C25H24N4O. The summed E-state index contributed by atoms with van der Waals surface area (Å²) in [6.45, 7) is 5.45. The number of fused-ring (bicyclic) bond motifs is 2. The van der Waals surface area contributed by atoms with E-state index in [4.69, 9.17) is 0 Å². The standard InChI is InChI=1S/C25H24N4O/c1-16(18-8-4-3-5-9-18)29-14-22-23(15-29)27-28-25(22)21-13-12-19-10-6-7-11-20(19)24(21)26-17(2)30/h3-13,16H,14-15H2,1-2H3,(H,26,30)(H,27,28). The zero-order valence-electron chi connectivity index (χ0n) is 17.1. The van der Waals surface area contributed by atoms with Crippen molar-refractivity contribution < 1.29 is 4.79 Å². The number of amides is 1. The molecule has 1 atom stereocenters. The van der Waals surface area contributed by atoms with E-state index in [1.54, 1.807) is 6.92 Å². The quantitative estimate of drug-likeness (QED) is 0.494. The number of benzene rings is 3. The Bertz CT molecular complexity index is 1230. The summed E-state index contributed by atoms with van der Waals surface area (Å²) in [4.78, 5) is 14.4. The first-order valence-corrected chi connectivity index (χ1v) is 10.3. The van der Waals surface area contributed by atoms with E-state index in [-0.39, 0.29) is 5.91 Å². The van der Waals surface area contributed by atoms with Gasteiger partial charge in [-0.3, -0.25) is 14.8 Å². The van der Waals surface area contributed by atoms with E-state index in [9.17, 15) is 4.79 Å². The molecule has 30 heavy (non-hydrogen) atoms. The van der Waals surface area contributed by atoms with Gasteiger partial charge in [0, 0.05) is 42.6 Å². The maximum Gasteiger partial charge on any atom is 0.221 e. The summed E-state index contributed by atoms with van der Waals surface area (Å²) < 4.78 is 0. The summed E-state index contributed by atoms with van der Waals surface area (Å²) in [6.07, 6.45) is 0. The van der Waals surface area contributed by atoms with Gasteiger partial charge in [-0.2, -0.15) is 5.10 Å². The van der Waals surface area contributed by atoms with Gasteiger partial charge in [-0.05, 0) is 23.9 Å². The van der Waals surface area contributed by atoms with Crippen molar-refractivity contribution >= 4 is 22.4 Å². The topological polar surface area (TPSA) is 61.0 Å². The number of carbonyl (C=O) groups excluding carboxylic acids is 1. The minimum atomic E-state index is -0.0842. The molecule has 1 aliphatic heterocycles. The summed E-state index contributed by atoms with van der Waals surface area (Å²) in [5.74, 6) is -0.0842. The highest BCUT2D eigenvalue weighted by Crippen LogP contribution is 2.40. The van der Waals surface area contributed by atoms with Crippen molar-refractivity contribution in [2.24, 2.45) is 0 Å². The van der Waals surface area contributed by atoms with Crippen LogP contribution in [-0.4, -0.2) is 21.0 Å².